The Morgan fingerprint density at radius 1 is 0.757 bits per heavy atom. The molecule has 192 valence electrons. The summed E-state index contributed by atoms with van der Waals surface area (Å²) >= 11 is 0. The fraction of sp³-hybridized carbons (Fsp3) is 0.344. The van der Waals surface area contributed by atoms with Crippen molar-refractivity contribution in [3.63, 3.8) is 0 Å². The lowest BCUT2D eigenvalue weighted by molar-refractivity contribution is 0.323. The van der Waals surface area contributed by atoms with Crippen LogP contribution in [0.3, 0.4) is 0 Å². The van der Waals surface area contributed by atoms with Gasteiger partial charge in [-0.1, -0.05) is 61.4 Å². The molecule has 3 aromatic carbocycles. The van der Waals surface area contributed by atoms with Gasteiger partial charge >= 0.3 is 0 Å². The van der Waals surface area contributed by atoms with E-state index >= 15 is 0 Å². The molecule has 3 aromatic rings. The van der Waals surface area contributed by atoms with E-state index in [4.69, 9.17) is 19.2 Å². The molecule has 0 atom stereocenters. The number of amidine groups is 1. The maximum Gasteiger partial charge on any atom is 0.203 e. The van der Waals surface area contributed by atoms with Crippen molar-refractivity contribution in [2.24, 2.45) is 4.99 Å². The second-order valence-corrected chi connectivity index (χ2v) is 9.62. The first-order valence-electron chi connectivity index (χ1n) is 13.2. The first kappa shape index (κ1) is 24.9. The Hall–Kier alpha value is -3.73. The summed E-state index contributed by atoms with van der Waals surface area (Å²) in [6.45, 7) is 1.81. The summed E-state index contributed by atoms with van der Waals surface area (Å²) in [7, 11) is 4.96. The zero-order chi connectivity index (χ0) is 25.6. The second-order valence-electron chi connectivity index (χ2n) is 9.62. The van der Waals surface area contributed by atoms with Gasteiger partial charge in [-0.15, -0.1) is 0 Å². The minimum atomic E-state index is 0.651. The van der Waals surface area contributed by atoms with Crippen LogP contribution < -0.4 is 14.2 Å². The molecule has 0 bridgehead atoms. The zero-order valence-corrected chi connectivity index (χ0v) is 22.1. The lowest BCUT2D eigenvalue weighted by Crippen LogP contribution is -2.30. The Bertz CT molecular complexity index is 1270. The first-order valence-corrected chi connectivity index (χ1v) is 13.2. The Kier molecular flexibility index (Phi) is 7.79. The minimum Gasteiger partial charge on any atom is -0.493 e. The number of nitrogens with zero attached hydrogens (tertiary/aromatic N) is 2. The number of aryl methyl sites for hydroxylation is 2. The van der Waals surface area contributed by atoms with Crippen LogP contribution in [0.1, 0.15) is 53.5 Å². The fourth-order valence-electron chi connectivity index (χ4n) is 5.34. The molecule has 0 aliphatic carbocycles. The molecule has 5 nitrogen and oxygen atoms in total. The SMILES string of the molecule is COc1cc(CCCCCCc2ccc(C3=Cc4ccccc4C4=NCCN34)cc2)cc(OC)c1OC. The number of benzene rings is 3. The average Bonchev–Trinajstić information content (AvgIpc) is 3.44. The van der Waals surface area contributed by atoms with Gasteiger partial charge in [0.25, 0.3) is 0 Å². The van der Waals surface area contributed by atoms with Gasteiger partial charge in [-0.3, -0.25) is 4.99 Å². The highest BCUT2D eigenvalue weighted by Gasteiger charge is 2.28. The molecule has 0 aromatic heterocycles. The van der Waals surface area contributed by atoms with Crippen molar-refractivity contribution >= 4 is 17.6 Å². The van der Waals surface area contributed by atoms with E-state index in [-0.39, 0.29) is 0 Å². The van der Waals surface area contributed by atoms with Crippen molar-refractivity contribution in [1.82, 2.24) is 4.90 Å². The molecule has 0 spiro atoms. The van der Waals surface area contributed by atoms with Crippen molar-refractivity contribution < 1.29 is 14.2 Å². The summed E-state index contributed by atoms with van der Waals surface area (Å²) in [4.78, 5) is 7.15. The first-order chi connectivity index (χ1) is 18.2. The van der Waals surface area contributed by atoms with Crippen molar-refractivity contribution in [3.8, 4) is 17.2 Å². The van der Waals surface area contributed by atoms with Gasteiger partial charge in [-0.2, -0.15) is 0 Å². The normalized spacial score (nSPS) is 14.0. The van der Waals surface area contributed by atoms with Gasteiger partial charge in [0, 0.05) is 12.1 Å². The smallest absolute Gasteiger partial charge is 0.203 e. The molecule has 2 heterocycles. The third kappa shape index (κ3) is 5.36. The van der Waals surface area contributed by atoms with Crippen LogP contribution >= 0.6 is 0 Å². The van der Waals surface area contributed by atoms with Gasteiger partial charge in [-0.05, 0) is 66.1 Å². The van der Waals surface area contributed by atoms with Crippen LogP contribution in [0.4, 0.5) is 0 Å². The Morgan fingerprint density at radius 2 is 1.43 bits per heavy atom. The molecule has 0 unspecified atom stereocenters. The summed E-state index contributed by atoms with van der Waals surface area (Å²) in [5.74, 6) is 3.21. The predicted molar refractivity (Wildman–Crippen MR) is 151 cm³/mol. The number of aliphatic imine (C=N–C) groups is 1. The third-order valence-electron chi connectivity index (χ3n) is 7.28. The monoisotopic (exact) mass is 496 g/mol. The number of ether oxygens (including phenoxy) is 3. The number of hydrogen-bond donors (Lipinski definition) is 0. The fourth-order valence-corrected chi connectivity index (χ4v) is 5.34. The Balaban J connectivity index is 1.12. The lowest BCUT2D eigenvalue weighted by Gasteiger charge is -2.29. The molecule has 37 heavy (non-hydrogen) atoms. The molecule has 0 radical (unpaired) electrons. The van der Waals surface area contributed by atoms with E-state index in [0.717, 1.165) is 49.7 Å². The Morgan fingerprint density at radius 3 is 2.11 bits per heavy atom. The molecule has 5 heteroatoms. The average molecular weight is 497 g/mol. The summed E-state index contributed by atoms with van der Waals surface area (Å²) in [5.41, 5.74) is 7.64. The highest BCUT2D eigenvalue weighted by molar-refractivity contribution is 6.12. The van der Waals surface area contributed by atoms with E-state index in [9.17, 15) is 0 Å². The standard InChI is InChI=1S/C32H36N2O3/c1-35-29-20-24(21-30(36-2)31(29)37-3)11-7-5-4-6-10-23-14-16-25(17-15-23)28-22-26-12-8-9-13-27(26)32-33-18-19-34(28)32/h8-9,12-17,20-22H,4-7,10-11,18-19H2,1-3H3. The molecule has 5 rings (SSSR count). The van der Waals surface area contributed by atoms with Crippen LogP contribution in [-0.4, -0.2) is 45.2 Å². The highest BCUT2D eigenvalue weighted by Crippen LogP contribution is 2.38. The Labute approximate surface area is 220 Å². The molecule has 0 amide bonds. The van der Waals surface area contributed by atoms with Crippen LogP contribution in [0.15, 0.2) is 65.7 Å². The van der Waals surface area contributed by atoms with Crippen molar-refractivity contribution in [2.45, 2.75) is 38.5 Å². The minimum absolute atomic E-state index is 0.651. The van der Waals surface area contributed by atoms with Gasteiger partial charge in [0.15, 0.2) is 11.5 Å². The molecule has 0 N–H and O–H groups in total. The maximum atomic E-state index is 5.48. The van der Waals surface area contributed by atoms with Crippen LogP contribution in [0.2, 0.25) is 0 Å². The van der Waals surface area contributed by atoms with Gasteiger partial charge in [0.1, 0.15) is 5.84 Å². The topological polar surface area (TPSA) is 43.3 Å². The quantitative estimate of drug-likeness (QED) is 0.279. The zero-order valence-electron chi connectivity index (χ0n) is 22.1. The van der Waals surface area contributed by atoms with E-state index in [1.54, 1.807) is 21.3 Å². The van der Waals surface area contributed by atoms with E-state index in [2.05, 4.69) is 71.6 Å². The van der Waals surface area contributed by atoms with E-state index < -0.39 is 0 Å². The van der Waals surface area contributed by atoms with E-state index in [1.807, 2.05) is 0 Å². The van der Waals surface area contributed by atoms with Crippen LogP contribution in [0.5, 0.6) is 17.2 Å². The second kappa shape index (κ2) is 11.5. The molecule has 2 aliphatic rings. The molecule has 0 fully saturated rings. The molecular formula is C32H36N2O3. The van der Waals surface area contributed by atoms with Gasteiger partial charge < -0.3 is 19.1 Å². The van der Waals surface area contributed by atoms with Crippen molar-refractivity contribution in [1.29, 1.82) is 0 Å². The van der Waals surface area contributed by atoms with Crippen molar-refractivity contribution in [3.05, 3.63) is 88.5 Å². The molecule has 0 saturated carbocycles. The summed E-state index contributed by atoms with van der Waals surface area (Å²) in [5, 5.41) is 0. The molecule has 0 saturated heterocycles. The number of hydrogen-bond acceptors (Lipinski definition) is 5. The van der Waals surface area contributed by atoms with Crippen LogP contribution in [0, 0.1) is 0 Å². The van der Waals surface area contributed by atoms with Crippen LogP contribution in [-0.2, 0) is 12.8 Å². The molecule has 2 aliphatic heterocycles. The summed E-state index contributed by atoms with van der Waals surface area (Å²) in [6.07, 6.45) is 9.21. The summed E-state index contributed by atoms with van der Waals surface area (Å²) < 4.78 is 16.4. The van der Waals surface area contributed by atoms with Crippen molar-refractivity contribution in [2.75, 3.05) is 34.4 Å². The number of unbranched alkanes of at least 4 members (excludes halogenated alkanes) is 3. The van der Waals surface area contributed by atoms with Gasteiger partial charge in [0.05, 0.1) is 33.6 Å². The highest BCUT2D eigenvalue weighted by atomic mass is 16.5. The maximum absolute atomic E-state index is 5.48. The summed E-state index contributed by atoms with van der Waals surface area (Å²) in [6, 6.07) is 21.8. The number of rotatable bonds is 11. The van der Waals surface area contributed by atoms with E-state index in [0.29, 0.717) is 5.75 Å². The van der Waals surface area contributed by atoms with E-state index in [1.165, 1.54) is 52.8 Å². The van der Waals surface area contributed by atoms with Crippen LogP contribution in [0.25, 0.3) is 11.8 Å². The molecular weight excluding hydrogens is 460 g/mol. The largest absolute Gasteiger partial charge is 0.493 e. The van der Waals surface area contributed by atoms with Gasteiger partial charge in [0.2, 0.25) is 5.75 Å². The third-order valence-corrected chi connectivity index (χ3v) is 7.28. The number of fused-ring (bicyclic) bond motifs is 3. The number of methoxy groups -OCH3 is 3. The lowest BCUT2D eigenvalue weighted by atomic mass is 9.96. The predicted octanol–water partition coefficient (Wildman–Crippen LogP) is 6.63. The van der Waals surface area contributed by atoms with Gasteiger partial charge in [-0.25, -0.2) is 0 Å².